The average molecular weight is 314 g/mol. The molecule has 0 bridgehead atoms. The Labute approximate surface area is 145 Å². The van der Waals surface area contributed by atoms with Crippen LogP contribution in [0.1, 0.15) is 64.3 Å². The van der Waals surface area contributed by atoms with Crippen molar-refractivity contribution >= 4 is 0 Å². The summed E-state index contributed by atoms with van der Waals surface area (Å²) in [7, 11) is 0. The average Bonchev–Trinajstić information content (AvgIpc) is 2.49. The lowest BCUT2D eigenvalue weighted by molar-refractivity contribution is 1.09. The van der Waals surface area contributed by atoms with Crippen LogP contribution in [0.5, 0.6) is 0 Å². The summed E-state index contributed by atoms with van der Waals surface area (Å²) in [5, 5.41) is 8.72. The monoisotopic (exact) mass is 313 g/mol. The fourth-order valence-electron chi connectivity index (χ4n) is 1.81. The third-order valence-corrected chi connectivity index (χ3v) is 2.82. The largest absolute Gasteiger partial charge is 0.192 e. The second-order valence-electron chi connectivity index (χ2n) is 4.93. The first-order valence-corrected chi connectivity index (χ1v) is 7.60. The Kier molecular flexibility index (Phi) is 18.3. The summed E-state index contributed by atoms with van der Waals surface area (Å²) in [6, 6.07) is 18.3. The summed E-state index contributed by atoms with van der Waals surface area (Å²) in [5.41, 5.74) is 4.52. The molecule has 23 heavy (non-hydrogen) atoms. The molecule has 2 aromatic carbocycles. The maximum atomic E-state index is 8.72. The van der Waals surface area contributed by atoms with Crippen LogP contribution in [-0.4, -0.2) is 0 Å². The Morgan fingerprint density at radius 3 is 1.65 bits per heavy atom. The molecule has 0 spiro atoms. The molecule has 0 heterocycles. The van der Waals surface area contributed by atoms with E-state index in [-0.39, 0.29) is 14.9 Å². The quantitative estimate of drug-likeness (QED) is 0.550. The molecule has 0 aliphatic carbocycles. The molecule has 0 fully saturated rings. The normalized spacial score (nSPS) is 7.83. The second kappa shape index (κ2) is 16.3. The Balaban J connectivity index is -0.000000291. The van der Waals surface area contributed by atoms with E-state index in [2.05, 4.69) is 45.9 Å². The number of nitrogens with zero attached hydrogens (tertiary/aromatic N) is 1. The minimum atomic E-state index is 0. The maximum Gasteiger partial charge on any atom is 0.0994 e. The minimum Gasteiger partial charge on any atom is -0.192 e. The molecule has 0 atom stereocenters. The van der Waals surface area contributed by atoms with Gasteiger partial charge in [0.15, 0.2) is 0 Å². The van der Waals surface area contributed by atoms with Crippen LogP contribution in [0.25, 0.3) is 0 Å². The van der Waals surface area contributed by atoms with Crippen molar-refractivity contribution in [2.75, 3.05) is 0 Å². The smallest absolute Gasteiger partial charge is 0.0994 e. The predicted octanol–water partition coefficient (Wildman–Crippen LogP) is 7.11. The summed E-state index contributed by atoms with van der Waals surface area (Å²) in [4.78, 5) is 0. The van der Waals surface area contributed by atoms with E-state index in [1.54, 1.807) is 0 Å². The van der Waals surface area contributed by atoms with E-state index in [1.165, 1.54) is 23.1 Å². The molecule has 0 radical (unpaired) electrons. The third kappa shape index (κ3) is 11.2. The van der Waals surface area contributed by atoms with Gasteiger partial charge in [0, 0.05) is 0 Å². The van der Waals surface area contributed by atoms with Gasteiger partial charge in [-0.2, -0.15) is 5.26 Å². The molecule has 0 amide bonds. The highest BCUT2D eigenvalue weighted by Gasteiger charge is 2.00. The molecule has 0 aliphatic rings. The summed E-state index contributed by atoms with van der Waals surface area (Å²) >= 11 is 0. The van der Waals surface area contributed by atoms with Crippen molar-refractivity contribution in [1.29, 1.82) is 5.26 Å². The van der Waals surface area contributed by atoms with Crippen LogP contribution < -0.4 is 0 Å². The summed E-state index contributed by atoms with van der Waals surface area (Å²) < 4.78 is 0. The van der Waals surface area contributed by atoms with Crippen LogP contribution in [-0.2, 0) is 6.42 Å². The number of hydrogen-bond donors (Lipinski definition) is 0. The molecule has 0 aliphatic heterocycles. The van der Waals surface area contributed by atoms with Gasteiger partial charge in [0.25, 0.3) is 0 Å². The molecule has 0 saturated carbocycles. The van der Waals surface area contributed by atoms with Gasteiger partial charge in [-0.1, -0.05) is 90.1 Å². The highest BCUT2D eigenvalue weighted by molar-refractivity contribution is 5.42. The van der Waals surface area contributed by atoms with Crippen LogP contribution in [0.3, 0.4) is 0 Å². The van der Waals surface area contributed by atoms with Crippen molar-refractivity contribution in [3.63, 3.8) is 0 Å². The van der Waals surface area contributed by atoms with Crippen molar-refractivity contribution < 1.29 is 0 Å². The van der Waals surface area contributed by atoms with Crippen molar-refractivity contribution in [2.24, 2.45) is 0 Å². The zero-order valence-corrected chi connectivity index (χ0v) is 14.0. The summed E-state index contributed by atoms with van der Waals surface area (Å²) in [6.07, 6.45) is 2.19. The molecular formula is C22H35N. The van der Waals surface area contributed by atoms with E-state index in [9.17, 15) is 0 Å². The van der Waals surface area contributed by atoms with Crippen molar-refractivity contribution in [2.45, 2.75) is 62.3 Å². The van der Waals surface area contributed by atoms with Gasteiger partial charge >= 0.3 is 0 Å². The van der Waals surface area contributed by atoms with Crippen LogP contribution in [0.15, 0.2) is 48.5 Å². The lowest BCUT2D eigenvalue weighted by Gasteiger charge is -2.02. The molecule has 0 aromatic heterocycles. The number of hydrogen-bond acceptors (Lipinski definition) is 1. The van der Waals surface area contributed by atoms with Gasteiger partial charge < -0.3 is 0 Å². The first-order valence-electron chi connectivity index (χ1n) is 7.60. The van der Waals surface area contributed by atoms with Crippen LogP contribution in [0, 0.1) is 25.2 Å². The highest BCUT2D eigenvalue weighted by atomic mass is 14.2. The SMILES string of the molecule is C.C.CCC.CCc1c(C)cccc1C#N.Cc1ccccc1. The van der Waals surface area contributed by atoms with Gasteiger partial charge in [0.2, 0.25) is 0 Å². The number of rotatable bonds is 1. The van der Waals surface area contributed by atoms with E-state index >= 15 is 0 Å². The summed E-state index contributed by atoms with van der Waals surface area (Å²) in [6.45, 7) is 10.4. The molecular weight excluding hydrogens is 278 g/mol. The van der Waals surface area contributed by atoms with Crippen LogP contribution in [0.2, 0.25) is 0 Å². The van der Waals surface area contributed by atoms with Gasteiger partial charge in [0.1, 0.15) is 0 Å². The highest BCUT2D eigenvalue weighted by Crippen LogP contribution is 2.13. The Bertz CT molecular complexity index is 536. The van der Waals surface area contributed by atoms with E-state index < -0.39 is 0 Å². The Morgan fingerprint density at radius 2 is 1.35 bits per heavy atom. The zero-order valence-electron chi connectivity index (χ0n) is 14.0. The molecule has 0 saturated heterocycles. The molecule has 2 rings (SSSR count). The standard InChI is InChI=1S/C10H11N.C7H8.C3H8.2CH4/c1-3-10-8(2)5-4-6-9(10)7-11;1-7-5-3-2-4-6-7;1-3-2;;/h4-6H,3H2,1-2H3;2-6H,1H3;3H2,1-2H3;2*1H4. The molecule has 2 aromatic rings. The molecule has 1 nitrogen and oxygen atoms in total. The zero-order chi connectivity index (χ0) is 16.1. The third-order valence-electron chi connectivity index (χ3n) is 2.82. The van der Waals surface area contributed by atoms with E-state index in [0.717, 1.165) is 12.0 Å². The van der Waals surface area contributed by atoms with E-state index in [0.29, 0.717) is 0 Å². The molecule has 1 heteroatoms. The van der Waals surface area contributed by atoms with Crippen LogP contribution in [0.4, 0.5) is 0 Å². The fourth-order valence-corrected chi connectivity index (χ4v) is 1.81. The van der Waals surface area contributed by atoms with Gasteiger partial charge in [-0.25, -0.2) is 0 Å². The van der Waals surface area contributed by atoms with Crippen molar-refractivity contribution in [3.8, 4) is 6.07 Å². The maximum absolute atomic E-state index is 8.72. The van der Waals surface area contributed by atoms with E-state index in [1.807, 2.05) is 43.3 Å². The molecule has 128 valence electrons. The minimum absolute atomic E-state index is 0. The first-order chi connectivity index (χ1) is 10.1. The summed E-state index contributed by atoms with van der Waals surface area (Å²) in [5.74, 6) is 0. The van der Waals surface area contributed by atoms with Crippen molar-refractivity contribution in [3.05, 3.63) is 70.8 Å². The van der Waals surface area contributed by atoms with Gasteiger partial charge in [-0.05, 0) is 37.5 Å². The van der Waals surface area contributed by atoms with Crippen LogP contribution >= 0.6 is 0 Å². The molecule has 0 unspecified atom stereocenters. The fraction of sp³-hybridized carbons (Fsp3) is 0.409. The van der Waals surface area contributed by atoms with Gasteiger partial charge in [0.05, 0.1) is 11.6 Å². The van der Waals surface area contributed by atoms with Gasteiger partial charge in [-0.3, -0.25) is 0 Å². The molecule has 0 N–H and O–H groups in total. The first kappa shape index (κ1) is 25.9. The van der Waals surface area contributed by atoms with Gasteiger partial charge in [-0.15, -0.1) is 0 Å². The lowest BCUT2D eigenvalue weighted by atomic mass is 10.0. The number of benzene rings is 2. The topological polar surface area (TPSA) is 23.8 Å². The van der Waals surface area contributed by atoms with E-state index in [4.69, 9.17) is 5.26 Å². The predicted molar refractivity (Wildman–Crippen MR) is 106 cm³/mol. The van der Waals surface area contributed by atoms with Crippen molar-refractivity contribution in [1.82, 2.24) is 0 Å². The second-order valence-corrected chi connectivity index (χ2v) is 4.93. The number of nitriles is 1. The Morgan fingerprint density at radius 1 is 0.826 bits per heavy atom. The number of aryl methyl sites for hydroxylation is 2. The Hall–Kier alpha value is -2.07. The lowest BCUT2D eigenvalue weighted by Crippen LogP contribution is -1.90.